The quantitative estimate of drug-likeness (QED) is 0.332. The van der Waals surface area contributed by atoms with Crippen molar-refractivity contribution in [2.75, 3.05) is 5.32 Å². The summed E-state index contributed by atoms with van der Waals surface area (Å²) in [5.74, 6) is 0.587. The maximum atomic E-state index is 12.3. The molecule has 3 nitrogen and oxygen atoms in total. The van der Waals surface area contributed by atoms with Crippen LogP contribution in [0.2, 0.25) is 10.0 Å². The summed E-state index contributed by atoms with van der Waals surface area (Å²) in [7, 11) is 0. The lowest BCUT2D eigenvalue weighted by Gasteiger charge is -2.04. The largest absolute Gasteiger partial charge is 0.322 e. The Labute approximate surface area is 180 Å². The first-order valence-electron chi connectivity index (χ1n) is 8.42. The fraction of sp³-hybridized carbons (Fsp3) is 0.0476. The summed E-state index contributed by atoms with van der Waals surface area (Å²) < 4.78 is 1.98. The van der Waals surface area contributed by atoms with Crippen molar-refractivity contribution in [3.05, 3.63) is 87.9 Å². The number of carbonyl (C=O) groups excluding carboxylic acids is 1. The molecule has 0 aliphatic heterocycles. The van der Waals surface area contributed by atoms with Gasteiger partial charge in [0.15, 0.2) is 4.34 Å². The molecule has 0 atom stereocenters. The average Bonchev–Trinajstić information content (AvgIpc) is 3.10. The molecule has 4 aromatic rings. The van der Waals surface area contributed by atoms with Crippen molar-refractivity contribution in [2.24, 2.45) is 0 Å². The van der Waals surface area contributed by atoms with E-state index in [0.29, 0.717) is 21.4 Å². The van der Waals surface area contributed by atoms with Gasteiger partial charge in [0.1, 0.15) is 0 Å². The molecule has 0 bridgehead atoms. The summed E-state index contributed by atoms with van der Waals surface area (Å²) in [6, 6.07) is 20.4. The van der Waals surface area contributed by atoms with Crippen molar-refractivity contribution in [1.29, 1.82) is 0 Å². The number of nitrogens with one attached hydrogen (secondary N) is 1. The fourth-order valence-corrected chi connectivity index (χ4v) is 5.28. The highest BCUT2D eigenvalue weighted by Crippen LogP contribution is 2.34. The highest BCUT2D eigenvalue weighted by Gasteiger charge is 2.10. The predicted octanol–water partition coefficient (Wildman–Crippen LogP) is 7.15. The van der Waals surface area contributed by atoms with Crippen LogP contribution in [0.25, 0.3) is 10.2 Å². The molecule has 0 fully saturated rings. The normalized spacial score (nSPS) is 10.9. The zero-order chi connectivity index (χ0) is 19.5. The van der Waals surface area contributed by atoms with Crippen molar-refractivity contribution in [1.82, 2.24) is 4.98 Å². The molecule has 0 spiro atoms. The number of hydrogen-bond acceptors (Lipinski definition) is 4. The number of halogens is 2. The second-order valence-electron chi connectivity index (χ2n) is 6.01. The second kappa shape index (κ2) is 8.53. The number of benzene rings is 3. The Hall–Kier alpha value is -2.05. The summed E-state index contributed by atoms with van der Waals surface area (Å²) >= 11 is 15.4. The highest BCUT2D eigenvalue weighted by atomic mass is 35.5. The van der Waals surface area contributed by atoms with Gasteiger partial charge in [0.2, 0.25) is 0 Å². The van der Waals surface area contributed by atoms with Gasteiger partial charge in [-0.05, 0) is 48.0 Å². The summed E-state index contributed by atoms with van der Waals surface area (Å²) in [4.78, 5) is 17.0. The van der Waals surface area contributed by atoms with Gasteiger partial charge in [-0.2, -0.15) is 0 Å². The molecule has 1 heterocycles. The molecule has 0 aliphatic carbocycles. The van der Waals surface area contributed by atoms with Crippen molar-refractivity contribution in [3.8, 4) is 0 Å². The maximum Gasteiger partial charge on any atom is 0.255 e. The molecule has 7 heteroatoms. The third-order valence-electron chi connectivity index (χ3n) is 4.03. The summed E-state index contributed by atoms with van der Waals surface area (Å²) in [5, 5.41) is 4.22. The third kappa shape index (κ3) is 4.50. The molecule has 1 amide bonds. The van der Waals surface area contributed by atoms with E-state index < -0.39 is 0 Å². The monoisotopic (exact) mass is 444 g/mol. The van der Waals surface area contributed by atoms with E-state index >= 15 is 0 Å². The van der Waals surface area contributed by atoms with Crippen LogP contribution in [-0.4, -0.2) is 10.9 Å². The Morgan fingerprint density at radius 3 is 2.64 bits per heavy atom. The van der Waals surface area contributed by atoms with Gasteiger partial charge in [-0.25, -0.2) is 4.98 Å². The topological polar surface area (TPSA) is 42.0 Å². The molecule has 0 aliphatic rings. The number of nitrogens with zero attached hydrogens (tertiary/aromatic N) is 1. The van der Waals surface area contributed by atoms with Gasteiger partial charge in [-0.15, -0.1) is 11.3 Å². The Kier molecular flexibility index (Phi) is 5.87. The lowest BCUT2D eigenvalue weighted by molar-refractivity contribution is 0.102. The molecule has 0 unspecified atom stereocenters. The maximum absolute atomic E-state index is 12.3. The SMILES string of the molecule is O=C(Nc1ccc2nc(SCc3ccc(Cl)cc3Cl)sc2c1)c1ccccc1. The molecule has 0 saturated carbocycles. The first-order chi connectivity index (χ1) is 13.6. The fourth-order valence-electron chi connectivity index (χ4n) is 2.61. The van der Waals surface area contributed by atoms with Crippen LogP contribution in [0.1, 0.15) is 15.9 Å². The van der Waals surface area contributed by atoms with Crippen LogP contribution in [0.15, 0.2) is 71.1 Å². The summed E-state index contributed by atoms with van der Waals surface area (Å²) in [6.07, 6.45) is 0. The highest BCUT2D eigenvalue weighted by molar-refractivity contribution is 8.00. The Balaban J connectivity index is 1.48. The van der Waals surface area contributed by atoms with E-state index in [1.54, 1.807) is 41.3 Å². The number of carbonyl (C=O) groups is 1. The minimum atomic E-state index is -0.128. The molecule has 3 aromatic carbocycles. The van der Waals surface area contributed by atoms with Crippen LogP contribution in [0.3, 0.4) is 0 Å². The second-order valence-corrected chi connectivity index (χ2v) is 9.10. The first kappa shape index (κ1) is 19.3. The van der Waals surface area contributed by atoms with Crippen molar-refractivity contribution >= 4 is 68.1 Å². The number of aromatic nitrogens is 1. The predicted molar refractivity (Wildman–Crippen MR) is 120 cm³/mol. The molecule has 1 N–H and O–H groups in total. The van der Waals surface area contributed by atoms with E-state index in [2.05, 4.69) is 10.3 Å². The van der Waals surface area contributed by atoms with Crippen LogP contribution >= 0.6 is 46.3 Å². The van der Waals surface area contributed by atoms with E-state index in [4.69, 9.17) is 23.2 Å². The summed E-state index contributed by atoms with van der Waals surface area (Å²) in [5.41, 5.74) is 3.31. The Bertz CT molecular complexity index is 1150. The van der Waals surface area contributed by atoms with Crippen LogP contribution in [0, 0.1) is 0 Å². The van der Waals surface area contributed by atoms with Gasteiger partial charge in [0.05, 0.1) is 10.2 Å². The van der Waals surface area contributed by atoms with Gasteiger partial charge in [-0.1, -0.05) is 59.2 Å². The van der Waals surface area contributed by atoms with E-state index in [1.807, 2.05) is 48.5 Å². The van der Waals surface area contributed by atoms with Gasteiger partial charge in [0.25, 0.3) is 5.91 Å². The lowest BCUT2D eigenvalue weighted by atomic mass is 10.2. The molecule has 4 rings (SSSR count). The smallest absolute Gasteiger partial charge is 0.255 e. The molecule has 140 valence electrons. The van der Waals surface area contributed by atoms with E-state index in [1.165, 1.54) is 0 Å². The van der Waals surface area contributed by atoms with Gasteiger partial charge >= 0.3 is 0 Å². The number of anilines is 1. The third-order valence-corrected chi connectivity index (χ3v) is 6.83. The van der Waals surface area contributed by atoms with Crippen LogP contribution < -0.4 is 5.32 Å². The number of amides is 1. The van der Waals surface area contributed by atoms with Crippen molar-refractivity contribution in [2.45, 2.75) is 10.1 Å². The minimum Gasteiger partial charge on any atom is -0.322 e. The van der Waals surface area contributed by atoms with Gasteiger partial charge < -0.3 is 5.32 Å². The molecular weight excluding hydrogens is 431 g/mol. The lowest BCUT2D eigenvalue weighted by Crippen LogP contribution is -2.11. The Morgan fingerprint density at radius 1 is 1.04 bits per heavy atom. The van der Waals surface area contributed by atoms with Crippen LogP contribution in [-0.2, 0) is 5.75 Å². The Morgan fingerprint density at radius 2 is 1.86 bits per heavy atom. The van der Waals surface area contributed by atoms with E-state index in [0.717, 1.165) is 25.8 Å². The van der Waals surface area contributed by atoms with Crippen molar-refractivity contribution < 1.29 is 4.79 Å². The van der Waals surface area contributed by atoms with E-state index in [9.17, 15) is 4.79 Å². The standard InChI is InChI=1S/C21H14Cl2N2OS2/c22-15-7-6-14(17(23)10-15)12-27-21-25-18-9-8-16(11-19(18)28-21)24-20(26)13-4-2-1-3-5-13/h1-11H,12H2,(H,24,26). The number of thiazole rings is 1. The number of thioether (sulfide) groups is 1. The first-order valence-corrected chi connectivity index (χ1v) is 11.0. The molecular formula is C21H14Cl2N2OS2. The van der Waals surface area contributed by atoms with Crippen LogP contribution in [0.5, 0.6) is 0 Å². The van der Waals surface area contributed by atoms with Gasteiger partial charge in [-0.3, -0.25) is 4.79 Å². The van der Waals surface area contributed by atoms with E-state index in [-0.39, 0.29) is 5.91 Å². The molecule has 0 saturated heterocycles. The zero-order valence-electron chi connectivity index (χ0n) is 14.5. The van der Waals surface area contributed by atoms with Crippen molar-refractivity contribution in [3.63, 3.8) is 0 Å². The molecule has 0 radical (unpaired) electrons. The number of fused-ring (bicyclic) bond motifs is 1. The summed E-state index contributed by atoms with van der Waals surface area (Å²) in [6.45, 7) is 0. The zero-order valence-corrected chi connectivity index (χ0v) is 17.6. The number of rotatable bonds is 5. The van der Waals surface area contributed by atoms with Crippen LogP contribution in [0.4, 0.5) is 5.69 Å². The number of hydrogen-bond donors (Lipinski definition) is 1. The average molecular weight is 445 g/mol. The van der Waals surface area contributed by atoms with Gasteiger partial charge in [0, 0.05) is 27.0 Å². The molecule has 1 aromatic heterocycles. The molecule has 28 heavy (non-hydrogen) atoms. The minimum absolute atomic E-state index is 0.128.